The van der Waals surface area contributed by atoms with Crippen molar-refractivity contribution in [2.75, 3.05) is 6.54 Å². The quantitative estimate of drug-likeness (QED) is 0.424. The molecule has 3 N–H and O–H groups in total. The van der Waals surface area contributed by atoms with Crippen LogP contribution in [0.25, 0.3) is 0 Å². The molecular weight excluding hydrogens is 116 g/mol. The maximum atomic E-state index is 9.81. The van der Waals surface area contributed by atoms with Gasteiger partial charge >= 0.3 is 0 Å². The molecule has 0 rings (SSSR count). The monoisotopic (exact) mass is 132 g/mol. The number of carbonyl (C=O) groups excluding carboxylic acids is 1. The zero-order chi connectivity index (χ0) is 7.70. The summed E-state index contributed by atoms with van der Waals surface area (Å²) in [7, 11) is 0. The van der Waals surface area contributed by atoms with Gasteiger partial charge in [0.05, 0.1) is 0 Å². The second-order valence-electron chi connectivity index (χ2n) is 1.61. The molecule has 0 spiro atoms. The Labute approximate surface area is 56.6 Å². The fourth-order valence-corrected chi connectivity index (χ4v) is 0. The highest BCUT2D eigenvalue weighted by molar-refractivity contribution is 5.74. The molecule has 0 bridgehead atoms. The zero-order valence-corrected chi connectivity index (χ0v) is 6.40. The Morgan fingerprint density at radius 2 is 1.78 bits per heavy atom. The maximum Gasteiger partial charge on any atom is 0.129 e. The Kier molecular flexibility index (Phi) is 13.4. The summed E-state index contributed by atoms with van der Waals surface area (Å²) in [5.41, 5.74) is 2.43. The van der Waals surface area contributed by atoms with Crippen molar-refractivity contribution in [3.63, 3.8) is 0 Å². The van der Waals surface area contributed by atoms with E-state index in [9.17, 15) is 4.79 Å². The summed E-state index contributed by atoms with van der Waals surface area (Å²) in [6, 6.07) is 0. The van der Waals surface area contributed by atoms with Crippen molar-refractivity contribution < 1.29 is 4.79 Å². The number of rotatable bonds is 2. The molecule has 0 aliphatic rings. The molecule has 3 nitrogen and oxygen atoms in total. The van der Waals surface area contributed by atoms with Gasteiger partial charge in [-0.1, -0.05) is 13.8 Å². The van der Waals surface area contributed by atoms with Crippen molar-refractivity contribution in [1.29, 1.82) is 0 Å². The van der Waals surface area contributed by atoms with Crippen molar-refractivity contribution in [1.82, 2.24) is 5.43 Å². The molecule has 56 valence electrons. The molecule has 3 heteroatoms. The average molecular weight is 132 g/mol. The Bertz CT molecular complexity index is 62.1. The second-order valence-corrected chi connectivity index (χ2v) is 1.61. The van der Waals surface area contributed by atoms with Crippen molar-refractivity contribution in [3.05, 3.63) is 0 Å². The first-order valence-corrected chi connectivity index (χ1v) is 3.11. The number of carbonyl (C=O) groups is 1. The van der Waals surface area contributed by atoms with Crippen LogP contribution in [0.5, 0.6) is 0 Å². The summed E-state index contributed by atoms with van der Waals surface area (Å²) in [5, 5.41) is 0. The second kappa shape index (κ2) is 10.5. The molecule has 0 aromatic rings. The third-order valence-corrected chi connectivity index (χ3v) is 0.702. The Morgan fingerprint density at radius 3 is 1.78 bits per heavy atom. The van der Waals surface area contributed by atoms with Crippen molar-refractivity contribution in [2.24, 2.45) is 5.84 Å². The predicted octanol–water partition coefficient (Wildman–Crippen LogP) is 0.455. The van der Waals surface area contributed by atoms with E-state index in [2.05, 4.69) is 5.43 Å². The molecule has 0 saturated heterocycles. The largest absolute Gasteiger partial charge is 0.300 e. The maximum absolute atomic E-state index is 9.81. The summed E-state index contributed by atoms with van der Waals surface area (Å²) >= 11 is 0. The number of nitrogens with one attached hydrogen (secondary N) is 1. The van der Waals surface area contributed by atoms with E-state index >= 15 is 0 Å². The topological polar surface area (TPSA) is 55.1 Å². The van der Waals surface area contributed by atoms with Crippen LogP contribution in [-0.4, -0.2) is 12.3 Å². The lowest BCUT2D eigenvalue weighted by Gasteiger charge is -1.77. The SMILES string of the molecule is CCC(C)=O.CCNN. The van der Waals surface area contributed by atoms with E-state index in [0.717, 1.165) is 6.54 Å². The van der Waals surface area contributed by atoms with Crippen LogP contribution in [0.2, 0.25) is 0 Å². The van der Waals surface area contributed by atoms with Crippen molar-refractivity contribution >= 4 is 5.78 Å². The number of ketones is 1. The van der Waals surface area contributed by atoms with Crippen LogP contribution in [-0.2, 0) is 4.79 Å². The Hall–Kier alpha value is -0.410. The number of Topliss-reactive ketones (excluding diaryl/α,β-unsaturated/α-hetero) is 1. The molecule has 9 heavy (non-hydrogen) atoms. The first kappa shape index (κ1) is 11.4. The fourth-order valence-electron chi connectivity index (χ4n) is 0. The molecule has 0 aliphatic carbocycles. The van der Waals surface area contributed by atoms with Gasteiger partial charge in [-0.3, -0.25) is 11.3 Å². The molecule has 0 aromatic heterocycles. The zero-order valence-electron chi connectivity index (χ0n) is 6.40. The first-order chi connectivity index (χ1) is 4.18. The van der Waals surface area contributed by atoms with Gasteiger partial charge in [-0.15, -0.1) is 0 Å². The molecule has 0 aromatic carbocycles. The molecule has 0 heterocycles. The highest BCUT2D eigenvalue weighted by Gasteiger charge is 1.76. The third-order valence-electron chi connectivity index (χ3n) is 0.702. The number of nitrogens with two attached hydrogens (primary N) is 1. The van der Waals surface area contributed by atoms with Crippen LogP contribution in [0.1, 0.15) is 27.2 Å². The summed E-state index contributed by atoms with van der Waals surface area (Å²) in [4.78, 5) is 9.81. The van der Waals surface area contributed by atoms with Gasteiger partial charge in [0.15, 0.2) is 0 Å². The van der Waals surface area contributed by atoms with E-state index in [1.807, 2.05) is 13.8 Å². The molecule has 0 aliphatic heterocycles. The van der Waals surface area contributed by atoms with E-state index in [1.165, 1.54) is 0 Å². The summed E-state index contributed by atoms with van der Waals surface area (Å²) in [5.74, 6) is 5.03. The van der Waals surface area contributed by atoms with Crippen LogP contribution < -0.4 is 11.3 Å². The van der Waals surface area contributed by atoms with Gasteiger partial charge in [0.2, 0.25) is 0 Å². The van der Waals surface area contributed by atoms with Gasteiger partial charge in [-0.2, -0.15) is 0 Å². The number of hydrazine groups is 1. The standard InChI is InChI=1S/C4H8O.C2H8N2/c1-3-4(2)5;1-2-4-3/h3H2,1-2H3;4H,2-3H2,1H3. The number of hydrogen-bond donors (Lipinski definition) is 2. The molecule has 0 atom stereocenters. The highest BCUT2D eigenvalue weighted by Crippen LogP contribution is 1.71. The lowest BCUT2D eigenvalue weighted by atomic mass is 10.4. The molecule has 0 unspecified atom stereocenters. The normalized spacial score (nSPS) is 7.56. The van der Waals surface area contributed by atoms with E-state index in [4.69, 9.17) is 5.84 Å². The summed E-state index contributed by atoms with van der Waals surface area (Å²) in [6.07, 6.45) is 0.667. The molecule has 0 saturated carbocycles. The van der Waals surface area contributed by atoms with E-state index in [1.54, 1.807) is 6.92 Å². The smallest absolute Gasteiger partial charge is 0.129 e. The average Bonchev–Trinajstić information content (AvgIpc) is 1.89. The van der Waals surface area contributed by atoms with Gasteiger partial charge in [-0.05, 0) is 6.92 Å². The summed E-state index contributed by atoms with van der Waals surface area (Å²) in [6.45, 7) is 6.22. The van der Waals surface area contributed by atoms with Crippen LogP contribution in [0.4, 0.5) is 0 Å². The van der Waals surface area contributed by atoms with E-state index in [-0.39, 0.29) is 5.78 Å². The molecular formula is C6H16N2O. The highest BCUT2D eigenvalue weighted by atomic mass is 16.1. The minimum absolute atomic E-state index is 0.255. The van der Waals surface area contributed by atoms with E-state index < -0.39 is 0 Å². The predicted molar refractivity (Wildman–Crippen MR) is 38.8 cm³/mol. The molecule has 0 fully saturated rings. The van der Waals surface area contributed by atoms with E-state index in [0.29, 0.717) is 6.42 Å². The molecule has 0 radical (unpaired) electrons. The minimum Gasteiger partial charge on any atom is -0.300 e. The van der Waals surface area contributed by atoms with Gasteiger partial charge in [-0.25, -0.2) is 0 Å². The summed E-state index contributed by atoms with van der Waals surface area (Å²) < 4.78 is 0. The Balaban J connectivity index is 0. The van der Waals surface area contributed by atoms with Crippen LogP contribution in [0.3, 0.4) is 0 Å². The van der Waals surface area contributed by atoms with Gasteiger partial charge < -0.3 is 4.79 Å². The lowest BCUT2D eigenvalue weighted by molar-refractivity contribution is -0.116. The van der Waals surface area contributed by atoms with Gasteiger partial charge in [0.1, 0.15) is 5.78 Å². The Morgan fingerprint density at radius 1 is 1.56 bits per heavy atom. The third kappa shape index (κ3) is 35.4. The van der Waals surface area contributed by atoms with Crippen molar-refractivity contribution in [3.8, 4) is 0 Å². The van der Waals surface area contributed by atoms with Crippen LogP contribution >= 0.6 is 0 Å². The van der Waals surface area contributed by atoms with Crippen molar-refractivity contribution in [2.45, 2.75) is 27.2 Å². The van der Waals surface area contributed by atoms with Gasteiger partial charge in [0, 0.05) is 13.0 Å². The van der Waals surface area contributed by atoms with Gasteiger partial charge in [0.25, 0.3) is 0 Å². The number of hydrogen-bond acceptors (Lipinski definition) is 3. The van der Waals surface area contributed by atoms with Crippen LogP contribution in [0, 0.1) is 0 Å². The fraction of sp³-hybridized carbons (Fsp3) is 0.833. The first-order valence-electron chi connectivity index (χ1n) is 3.11. The minimum atomic E-state index is 0.255. The molecule has 0 amide bonds. The van der Waals surface area contributed by atoms with Crippen LogP contribution in [0.15, 0.2) is 0 Å². The lowest BCUT2D eigenvalue weighted by Crippen LogP contribution is -2.20.